The largest absolute Gasteiger partial charge is 0.341 e. The van der Waals surface area contributed by atoms with E-state index in [-0.39, 0.29) is 17.5 Å². The molecule has 0 fully saturated rings. The fourth-order valence-corrected chi connectivity index (χ4v) is 2.93. The van der Waals surface area contributed by atoms with Gasteiger partial charge < -0.3 is 5.32 Å². The van der Waals surface area contributed by atoms with Crippen LogP contribution >= 0.6 is 0 Å². The number of hydrogen-bond donors (Lipinski definition) is 1. The van der Waals surface area contributed by atoms with Crippen molar-refractivity contribution in [1.82, 2.24) is 0 Å². The predicted molar refractivity (Wildman–Crippen MR) is 74.7 cm³/mol. The van der Waals surface area contributed by atoms with Gasteiger partial charge in [0.15, 0.2) is 0 Å². The molecule has 1 N–H and O–H groups in total. The zero-order chi connectivity index (χ0) is 15.5. The number of nitrogens with one attached hydrogen (secondary N) is 1. The average Bonchev–Trinajstić information content (AvgIpc) is 2.91. The maximum Gasteiger partial charge on any atom is 0.341 e. The third kappa shape index (κ3) is 3.87. The molecule has 1 aromatic rings. The van der Waals surface area contributed by atoms with Gasteiger partial charge in [0.05, 0.1) is 4.90 Å². The lowest BCUT2D eigenvalue weighted by molar-refractivity contribution is -0.116. The van der Waals surface area contributed by atoms with Crippen LogP contribution in [0.4, 0.5) is 14.5 Å². The summed E-state index contributed by atoms with van der Waals surface area (Å²) in [5, 5.41) is 2.54. The van der Waals surface area contributed by atoms with Crippen LogP contribution < -0.4 is 5.32 Å². The van der Waals surface area contributed by atoms with Crippen molar-refractivity contribution in [3.63, 3.8) is 0 Å². The highest BCUT2D eigenvalue weighted by molar-refractivity contribution is 7.91. The van der Waals surface area contributed by atoms with Crippen molar-refractivity contribution < 1.29 is 22.0 Å². The molecule has 1 aliphatic carbocycles. The molecule has 1 aliphatic rings. The van der Waals surface area contributed by atoms with Gasteiger partial charge in [-0.3, -0.25) is 4.79 Å². The summed E-state index contributed by atoms with van der Waals surface area (Å²) in [5.41, 5.74) is 0.198. The number of carbonyl (C=O) groups excluding carboxylic acids is 1. The number of anilines is 1. The Morgan fingerprint density at radius 3 is 2.76 bits per heavy atom. The minimum absolute atomic E-state index is 0.179. The van der Waals surface area contributed by atoms with Gasteiger partial charge in [-0.1, -0.05) is 18.2 Å². The lowest BCUT2D eigenvalue weighted by Gasteiger charge is -2.10. The van der Waals surface area contributed by atoms with Crippen molar-refractivity contribution in [3.8, 4) is 0 Å². The molecular weight excluding hydrogens is 300 g/mol. The highest BCUT2D eigenvalue weighted by atomic mass is 32.2. The highest BCUT2D eigenvalue weighted by Gasteiger charge is 2.26. The van der Waals surface area contributed by atoms with Gasteiger partial charge >= 0.3 is 5.76 Å². The number of carbonyl (C=O) groups is 1. The molecule has 1 atom stereocenters. The summed E-state index contributed by atoms with van der Waals surface area (Å²) in [6.45, 7) is 0. The second kappa shape index (κ2) is 6.34. The topological polar surface area (TPSA) is 63.2 Å². The number of rotatable bonds is 5. The molecule has 114 valence electrons. The molecule has 1 aromatic carbocycles. The van der Waals surface area contributed by atoms with E-state index in [0.29, 0.717) is 6.42 Å². The fraction of sp³-hybridized carbons (Fsp3) is 0.357. The SMILES string of the molecule is O=C(C[C@@H]1C=CCC1)Nc1cccc(S(=O)(=O)C(F)F)c1. The van der Waals surface area contributed by atoms with Gasteiger partial charge in [0.2, 0.25) is 15.7 Å². The van der Waals surface area contributed by atoms with Gasteiger partial charge in [0.25, 0.3) is 0 Å². The van der Waals surface area contributed by atoms with Crippen LogP contribution in [0.2, 0.25) is 0 Å². The number of benzene rings is 1. The second-order valence-corrected chi connectivity index (χ2v) is 6.77. The molecule has 0 unspecified atom stereocenters. The Hall–Kier alpha value is -1.76. The van der Waals surface area contributed by atoms with Gasteiger partial charge in [-0.05, 0) is 37.0 Å². The summed E-state index contributed by atoms with van der Waals surface area (Å²) in [7, 11) is -4.65. The van der Waals surface area contributed by atoms with Gasteiger partial charge in [-0.2, -0.15) is 8.78 Å². The number of allylic oxidation sites excluding steroid dienone is 2. The molecule has 0 saturated carbocycles. The number of hydrogen-bond acceptors (Lipinski definition) is 3. The summed E-state index contributed by atoms with van der Waals surface area (Å²) in [6.07, 6.45) is 6.13. The summed E-state index contributed by atoms with van der Waals surface area (Å²) in [5.74, 6) is -3.57. The predicted octanol–water partition coefficient (Wildman–Crippen LogP) is 2.98. The zero-order valence-electron chi connectivity index (χ0n) is 11.1. The third-order valence-corrected chi connectivity index (χ3v) is 4.62. The Morgan fingerprint density at radius 1 is 1.38 bits per heavy atom. The summed E-state index contributed by atoms with van der Waals surface area (Å²) in [6, 6.07) is 4.91. The molecule has 0 radical (unpaired) electrons. The smallest absolute Gasteiger partial charge is 0.326 e. The van der Waals surface area contributed by atoms with E-state index >= 15 is 0 Å². The van der Waals surface area contributed by atoms with Crippen LogP contribution in [0.3, 0.4) is 0 Å². The lowest BCUT2D eigenvalue weighted by atomic mass is 10.1. The molecule has 1 amide bonds. The molecule has 0 bridgehead atoms. The molecule has 0 saturated heterocycles. The molecule has 7 heteroatoms. The first-order chi connectivity index (χ1) is 9.89. The number of amides is 1. The number of sulfone groups is 1. The number of halogens is 2. The van der Waals surface area contributed by atoms with E-state index in [0.717, 1.165) is 25.0 Å². The van der Waals surface area contributed by atoms with Crippen molar-refractivity contribution in [2.75, 3.05) is 5.32 Å². The van der Waals surface area contributed by atoms with Crippen molar-refractivity contribution >= 4 is 21.4 Å². The third-order valence-electron chi connectivity index (χ3n) is 3.24. The van der Waals surface area contributed by atoms with Crippen LogP contribution in [0.15, 0.2) is 41.3 Å². The van der Waals surface area contributed by atoms with Gasteiger partial charge in [-0.25, -0.2) is 8.42 Å². The Kier molecular flexibility index (Phi) is 4.72. The van der Waals surface area contributed by atoms with Crippen LogP contribution in [0.5, 0.6) is 0 Å². The molecule has 2 rings (SSSR count). The van der Waals surface area contributed by atoms with E-state index in [1.54, 1.807) is 0 Å². The fourth-order valence-electron chi connectivity index (χ4n) is 2.17. The summed E-state index contributed by atoms with van der Waals surface area (Å²) < 4.78 is 47.7. The maximum absolute atomic E-state index is 12.5. The Labute approximate surface area is 121 Å². The van der Waals surface area contributed by atoms with Crippen LogP contribution in [0, 0.1) is 5.92 Å². The molecular formula is C14H15F2NO3S. The molecule has 4 nitrogen and oxygen atoms in total. The normalized spacial score (nSPS) is 18.1. The molecule has 21 heavy (non-hydrogen) atoms. The van der Waals surface area contributed by atoms with Crippen LogP contribution in [-0.2, 0) is 14.6 Å². The van der Waals surface area contributed by atoms with Crippen molar-refractivity contribution in [2.45, 2.75) is 29.9 Å². The molecule has 0 spiro atoms. The first-order valence-corrected chi connectivity index (χ1v) is 8.03. The molecule has 0 aromatic heterocycles. The van der Waals surface area contributed by atoms with Gasteiger partial charge in [0, 0.05) is 12.1 Å². The Morgan fingerprint density at radius 2 is 2.14 bits per heavy atom. The second-order valence-electron chi connectivity index (χ2n) is 4.85. The summed E-state index contributed by atoms with van der Waals surface area (Å²) in [4.78, 5) is 11.3. The highest BCUT2D eigenvalue weighted by Crippen LogP contribution is 2.23. The van der Waals surface area contributed by atoms with E-state index in [4.69, 9.17) is 0 Å². The van der Waals surface area contributed by atoms with E-state index in [2.05, 4.69) is 5.32 Å². The standard InChI is InChI=1S/C14H15F2NO3S/c15-14(16)21(19,20)12-7-3-6-11(9-12)17-13(18)8-10-4-1-2-5-10/h1,3-4,6-7,9-10,14H,2,5,8H2,(H,17,18)/t10-/m1/s1. The minimum Gasteiger partial charge on any atom is -0.326 e. The Balaban J connectivity index is 2.07. The Bertz CT molecular complexity index is 656. The molecule has 0 heterocycles. The first kappa shape index (κ1) is 15.6. The van der Waals surface area contributed by atoms with Crippen LogP contribution in [-0.4, -0.2) is 20.1 Å². The minimum atomic E-state index is -4.65. The quantitative estimate of drug-likeness (QED) is 0.850. The van der Waals surface area contributed by atoms with E-state index < -0.39 is 20.5 Å². The van der Waals surface area contributed by atoms with Crippen molar-refractivity contribution in [1.29, 1.82) is 0 Å². The van der Waals surface area contributed by atoms with Crippen LogP contribution in [0.25, 0.3) is 0 Å². The summed E-state index contributed by atoms with van der Waals surface area (Å²) >= 11 is 0. The van der Waals surface area contributed by atoms with Crippen molar-refractivity contribution in [3.05, 3.63) is 36.4 Å². The maximum atomic E-state index is 12.5. The van der Waals surface area contributed by atoms with Crippen molar-refractivity contribution in [2.24, 2.45) is 5.92 Å². The zero-order valence-corrected chi connectivity index (χ0v) is 11.9. The average molecular weight is 315 g/mol. The van der Waals surface area contributed by atoms with E-state index in [1.807, 2.05) is 12.2 Å². The van der Waals surface area contributed by atoms with Crippen LogP contribution in [0.1, 0.15) is 19.3 Å². The van der Waals surface area contributed by atoms with E-state index in [1.165, 1.54) is 12.1 Å². The molecule has 0 aliphatic heterocycles. The first-order valence-electron chi connectivity index (χ1n) is 6.48. The van der Waals surface area contributed by atoms with Gasteiger partial charge in [0.1, 0.15) is 0 Å². The van der Waals surface area contributed by atoms with E-state index in [9.17, 15) is 22.0 Å². The lowest BCUT2D eigenvalue weighted by Crippen LogP contribution is -2.16. The monoisotopic (exact) mass is 315 g/mol. The number of alkyl halides is 2. The van der Waals surface area contributed by atoms with Gasteiger partial charge in [-0.15, -0.1) is 0 Å².